The molecular formula is C17H16Cl2O3. The molecule has 0 bridgehead atoms. The average molecular weight is 339 g/mol. The van der Waals surface area contributed by atoms with Crippen LogP contribution in [0.25, 0.3) is 0 Å². The molecule has 1 atom stereocenters. The van der Waals surface area contributed by atoms with Crippen LogP contribution in [0.4, 0.5) is 0 Å². The molecular weight excluding hydrogens is 323 g/mol. The van der Waals surface area contributed by atoms with Gasteiger partial charge in [-0.25, -0.2) is 4.79 Å². The second-order valence-corrected chi connectivity index (χ2v) is 5.87. The summed E-state index contributed by atoms with van der Waals surface area (Å²) in [7, 11) is 0. The fourth-order valence-electron chi connectivity index (χ4n) is 1.91. The lowest BCUT2D eigenvalue weighted by Crippen LogP contribution is -2.28. The minimum Gasteiger partial charge on any atom is -0.477 e. The van der Waals surface area contributed by atoms with Crippen LogP contribution >= 0.6 is 23.2 Å². The van der Waals surface area contributed by atoms with Crippen molar-refractivity contribution < 1.29 is 14.3 Å². The Bertz CT molecular complexity index is 698. The van der Waals surface area contributed by atoms with Gasteiger partial charge in [0.1, 0.15) is 11.5 Å². The van der Waals surface area contributed by atoms with Crippen LogP contribution in [-0.2, 0) is 4.79 Å². The molecule has 0 aliphatic carbocycles. The number of carbonyl (C=O) groups is 1. The molecule has 0 saturated carbocycles. The summed E-state index contributed by atoms with van der Waals surface area (Å²) in [6.45, 7) is 5.47. The van der Waals surface area contributed by atoms with Crippen molar-refractivity contribution in [1.29, 1.82) is 0 Å². The molecule has 5 heteroatoms. The summed E-state index contributed by atoms with van der Waals surface area (Å²) in [6.07, 6.45) is -0.792. The van der Waals surface area contributed by atoms with Crippen LogP contribution in [0.1, 0.15) is 18.1 Å². The zero-order valence-electron chi connectivity index (χ0n) is 12.5. The zero-order chi connectivity index (χ0) is 16.3. The molecule has 0 heterocycles. The van der Waals surface area contributed by atoms with Gasteiger partial charge in [0.05, 0.1) is 5.02 Å². The van der Waals surface area contributed by atoms with Crippen molar-refractivity contribution >= 4 is 29.2 Å². The van der Waals surface area contributed by atoms with Gasteiger partial charge in [0.15, 0.2) is 6.10 Å². The molecule has 0 fully saturated rings. The highest BCUT2D eigenvalue weighted by Crippen LogP contribution is 2.28. The number of halogens is 2. The minimum absolute atomic E-state index is 0.346. The fourth-order valence-corrected chi connectivity index (χ4v) is 2.37. The van der Waals surface area contributed by atoms with E-state index in [1.165, 1.54) is 0 Å². The SMILES string of the molecule is Cc1ccc(OC(=O)[C@H](C)Oc2ccc(Cl)cc2Cl)c(C)c1. The van der Waals surface area contributed by atoms with Crippen molar-refractivity contribution in [1.82, 2.24) is 0 Å². The first-order valence-corrected chi connectivity index (χ1v) is 7.53. The molecule has 0 unspecified atom stereocenters. The van der Waals surface area contributed by atoms with Crippen LogP contribution in [0.2, 0.25) is 10.0 Å². The van der Waals surface area contributed by atoms with E-state index in [-0.39, 0.29) is 0 Å². The van der Waals surface area contributed by atoms with Crippen molar-refractivity contribution in [2.24, 2.45) is 0 Å². The molecule has 0 amide bonds. The Balaban J connectivity index is 2.05. The highest BCUT2D eigenvalue weighted by atomic mass is 35.5. The number of aryl methyl sites for hydroxylation is 2. The van der Waals surface area contributed by atoms with E-state index in [1.54, 1.807) is 31.2 Å². The van der Waals surface area contributed by atoms with Crippen molar-refractivity contribution in [3.8, 4) is 11.5 Å². The zero-order valence-corrected chi connectivity index (χ0v) is 14.0. The lowest BCUT2D eigenvalue weighted by molar-refractivity contribution is -0.141. The quantitative estimate of drug-likeness (QED) is 0.582. The van der Waals surface area contributed by atoms with Gasteiger partial charge in [0.2, 0.25) is 0 Å². The second-order valence-electron chi connectivity index (χ2n) is 5.02. The third-order valence-electron chi connectivity index (χ3n) is 3.07. The third kappa shape index (κ3) is 4.15. The molecule has 0 aromatic heterocycles. The van der Waals surface area contributed by atoms with Gasteiger partial charge in [0, 0.05) is 5.02 Å². The summed E-state index contributed by atoms with van der Waals surface area (Å²) < 4.78 is 10.9. The van der Waals surface area contributed by atoms with Crippen LogP contribution < -0.4 is 9.47 Å². The Kier molecular flexibility index (Phi) is 5.33. The smallest absolute Gasteiger partial charge is 0.352 e. The maximum atomic E-state index is 12.1. The minimum atomic E-state index is -0.792. The van der Waals surface area contributed by atoms with E-state index in [9.17, 15) is 4.79 Å². The summed E-state index contributed by atoms with van der Waals surface area (Å²) in [6, 6.07) is 10.4. The molecule has 0 aliphatic heterocycles. The summed E-state index contributed by atoms with van der Waals surface area (Å²) in [4.78, 5) is 12.1. The predicted molar refractivity (Wildman–Crippen MR) is 88.1 cm³/mol. The lowest BCUT2D eigenvalue weighted by Gasteiger charge is -2.16. The van der Waals surface area contributed by atoms with Crippen LogP contribution in [0.3, 0.4) is 0 Å². The Morgan fingerprint density at radius 2 is 1.73 bits per heavy atom. The Labute approximate surface area is 139 Å². The summed E-state index contributed by atoms with van der Waals surface area (Å²) >= 11 is 11.8. The van der Waals surface area contributed by atoms with Crippen molar-refractivity contribution in [2.75, 3.05) is 0 Å². The van der Waals surface area contributed by atoms with E-state index in [1.807, 2.05) is 26.0 Å². The maximum Gasteiger partial charge on any atom is 0.352 e. The molecule has 2 aromatic rings. The van der Waals surface area contributed by atoms with Crippen LogP contribution in [0, 0.1) is 13.8 Å². The molecule has 2 rings (SSSR count). The van der Waals surface area contributed by atoms with E-state index in [2.05, 4.69) is 0 Å². The first-order valence-electron chi connectivity index (χ1n) is 6.77. The Morgan fingerprint density at radius 1 is 1.05 bits per heavy atom. The van der Waals surface area contributed by atoms with Gasteiger partial charge in [-0.3, -0.25) is 0 Å². The van der Waals surface area contributed by atoms with Crippen molar-refractivity contribution in [2.45, 2.75) is 26.9 Å². The van der Waals surface area contributed by atoms with Crippen LogP contribution in [0.5, 0.6) is 11.5 Å². The van der Waals surface area contributed by atoms with Crippen molar-refractivity contribution in [3.63, 3.8) is 0 Å². The van der Waals surface area contributed by atoms with Gasteiger partial charge in [-0.05, 0) is 50.6 Å². The number of benzene rings is 2. The lowest BCUT2D eigenvalue weighted by atomic mass is 10.1. The van der Waals surface area contributed by atoms with E-state index in [0.29, 0.717) is 21.5 Å². The molecule has 2 aromatic carbocycles. The monoisotopic (exact) mass is 338 g/mol. The molecule has 116 valence electrons. The van der Waals surface area contributed by atoms with Gasteiger partial charge >= 0.3 is 5.97 Å². The van der Waals surface area contributed by atoms with Crippen LogP contribution in [0.15, 0.2) is 36.4 Å². The Hall–Kier alpha value is -1.71. The van der Waals surface area contributed by atoms with Crippen LogP contribution in [-0.4, -0.2) is 12.1 Å². The Morgan fingerprint density at radius 3 is 2.36 bits per heavy atom. The number of hydrogen-bond donors (Lipinski definition) is 0. The average Bonchev–Trinajstić information content (AvgIpc) is 2.44. The van der Waals surface area contributed by atoms with Gasteiger partial charge in [0.25, 0.3) is 0 Å². The third-order valence-corrected chi connectivity index (χ3v) is 3.60. The number of carbonyl (C=O) groups excluding carboxylic acids is 1. The van der Waals surface area contributed by atoms with E-state index in [0.717, 1.165) is 11.1 Å². The van der Waals surface area contributed by atoms with Crippen molar-refractivity contribution in [3.05, 3.63) is 57.6 Å². The number of ether oxygens (including phenoxy) is 2. The van der Waals surface area contributed by atoms with E-state index in [4.69, 9.17) is 32.7 Å². The molecule has 0 saturated heterocycles. The van der Waals surface area contributed by atoms with E-state index >= 15 is 0 Å². The molecule has 0 radical (unpaired) electrons. The highest BCUT2D eigenvalue weighted by Gasteiger charge is 2.19. The fraction of sp³-hybridized carbons (Fsp3) is 0.235. The first kappa shape index (κ1) is 16.7. The molecule has 22 heavy (non-hydrogen) atoms. The summed E-state index contributed by atoms with van der Waals surface area (Å²) in [5, 5.41) is 0.849. The van der Waals surface area contributed by atoms with Gasteiger partial charge in [-0.2, -0.15) is 0 Å². The van der Waals surface area contributed by atoms with Gasteiger partial charge in [-0.15, -0.1) is 0 Å². The highest BCUT2D eigenvalue weighted by molar-refractivity contribution is 6.35. The maximum absolute atomic E-state index is 12.1. The predicted octanol–water partition coefficient (Wildman–Crippen LogP) is 4.98. The standard InChI is InChI=1S/C17H16Cl2O3/c1-10-4-6-15(11(2)8-10)22-17(20)12(3)21-16-7-5-13(18)9-14(16)19/h4-9,12H,1-3H3/t12-/m0/s1. The first-order chi connectivity index (χ1) is 10.4. The molecule has 0 aliphatic rings. The second kappa shape index (κ2) is 7.03. The van der Waals surface area contributed by atoms with E-state index < -0.39 is 12.1 Å². The number of rotatable bonds is 4. The van der Waals surface area contributed by atoms with Gasteiger partial charge < -0.3 is 9.47 Å². The summed E-state index contributed by atoms with van der Waals surface area (Å²) in [5.74, 6) is 0.419. The molecule has 3 nitrogen and oxygen atoms in total. The summed E-state index contributed by atoms with van der Waals surface area (Å²) in [5.41, 5.74) is 2.00. The number of esters is 1. The largest absolute Gasteiger partial charge is 0.477 e. The number of hydrogen-bond acceptors (Lipinski definition) is 3. The normalized spacial score (nSPS) is 11.9. The molecule has 0 spiro atoms. The molecule has 0 N–H and O–H groups in total. The topological polar surface area (TPSA) is 35.5 Å². The van der Waals surface area contributed by atoms with Gasteiger partial charge in [-0.1, -0.05) is 40.9 Å².